The Morgan fingerprint density at radius 3 is 2.71 bits per heavy atom. The number of anilines is 1. The van der Waals surface area contributed by atoms with Gasteiger partial charge in [-0.1, -0.05) is 12.1 Å². The predicted molar refractivity (Wildman–Crippen MR) is 80.6 cm³/mol. The molecule has 1 aromatic heterocycles. The van der Waals surface area contributed by atoms with Gasteiger partial charge >= 0.3 is 0 Å². The van der Waals surface area contributed by atoms with E-state index in [0.29, 0.717) is 5.56 Å². The maximum Gasteiger partial charge on any atom is 0.253 e. The first-order valence-electron chi connectivity index (χ1n) is 6.80. The number of nitrogens with one attached hydrogen (secondary N) is 2. The zero-order valence-electron chi connectivity index (χ0n) is 12.1. The number of carbonyl (C=O) groups excluding carboxylic acids is 1. The van der Waals surface area contributed by atoms with Gasteiger partial charge in [0.25, 0.3) is 5.91 Å². The van der Waals surface area contributed by atoms with E-state index in [9.17, 15) is 9.18 Å². The molecule has 0 radical (unpaired) electrons. The van der Waals surface area contributed by atoms with Crippen molar-refractivity contribution in [2.45, 2.75) is 26.4 Å². The topological polar surface area (TPSA) is 54.0 Å². The van der Waals surface area contributed by atoms with Gasteiger partial charge in [-0.2, -0.15) is 0 Å². The summed E-state index contributed by atoms with van der Waals surface area (Å²) in [5.41, 5.74) is 1.19. The highest BCUT2D eigenvalue weighted by molar-refractivity contribution is 5.93. The lowest BCUT2D eigenvalue weighted by atomic mass is 10.2. The minimum atomic E-state index is -0.312. The number of benzene rings is 1. The Labute approximate surface area is 123 Å². The molecule has 1 heterocycles. The molecule has 0 saturated carbocycles. The molecule has 2 aromatic rings. The van der Waals surface area contributed by atoms with E-state index in [1.165, 1.54) is 18.3 Å². The van der Waals surface area contributed by atoms with Crippen LogP contribution in [0.15, 0.2) is 42.6 Å². The zero-order chi connectivity index (χ0) is 15.2. The van der Waals surface area contributed by atoms with Crippen LogP contribution in [0.2, 0.25) is 0 Å². The molecule has 0 atom stereocenters. The third-order valence-corrected chi connectivity index (χ3v) is 2.80. The second kappa shape index (κ2) is 6.83. The summed E-state index contributed by atoms with van der Waals surface area (Å²) in [6, 6.07) is 9.90. The first-order valence-corrected chi connectivity index (χ1v) is 6.80. The van der Waals surface area contributed by atoms with Crippen molar-refractivity contribution in [3.05, 3.63) is 59.5 Å². The molecule has 0 saturated heterocycles. The highest BCUT2D eigenvalue weighted by Gasteiger charge is 2.06. The van der Waals surface area contributed by atoms with Crippen molar-refractivity contribution < 1.29 is 9.18 Å². The van der Waals surface area contributed by atoms with Gasteiger partial charge in [-0.3, -0.25) is 4.79 Å². The van der Waals surface area contributed by atoms with Gasteiger partial charge in [-0.05, 0) is 43.7 Å². The number of pyridine rings is 1. The van der Waals surface area contributed by atoms with Gasteiger partial charge in [-0.15, -0.1) is 0 Å². The number of aromatic nitrogens is 1. The first-order chi connectivity index (χ1) is 10.0. The van der Waals surface area contributed by atoms with Gasteiger partial charge in [0, 0.05) is 18.8 Å². The number of nitrogens with zero attached hydrogens (tertiary/aromatic N) is 1. The third kappa shape index (κ3) is 4.56. The molecule has 2 rings (SSSR count). The molecule has 0 aliphatic rings. The van der Waals surface area contributed by atoms with Crippen molar-refractivity contribution in [2.24, 2.45) is 0 Å². The lowest BCUT2D eigenvalue weighted by molar-refractivity contribution is 0.0950. The molecule has 0 aliphatic heterocycles. The lowest BCUT2D eigenvalue weighted by Crippen LogP contribution is -2.23. The Morgan fingerprint density at radius 1 is 1.29 bits per heavy atom. The summed E-state index contributed by atoms with van der Waals surface area (Å²) >= 11 is 0. The Bertz CT molecular complexity index is 611. The highest BCUT2D eigenvalue weighted by atomic mass is 19.1. The average Bonchev–Trinajstić information content (AvgIpc) is 2.45. The molecule has 0 unspecified atom stereocenters. The van der Waals surface area contributed by atoms with Crippen LogP contribution in [0, 0.1) is 5.82 Å². The van der Waals surface area contributed by atoms with Gasteiger partial charge < -0.3 is 10.6 Å². The normalized spacial score (nSPS) is 10.5. The van der Waals surface area contributed by atoms with Gasteiger partial charge in [0.15, 0.2) is 0 Å². The van der Waals surface area contributed by atoms with Gasteiger partial charge in [0.05, 0.1) is 5.56 Å². The SMILES string of the molecule is CC(C)Nc1ccc(C(=O)NCc2cccc(F)c2)cn1. The fraction of sp³-hybridized carbons (Fsp3) is 0.250. The van der Waals surface area contributed by atoms with E-state index in [2.05, 4.69) is 15.6 Å². The fourth-order valence-electron chi connectivity index (χ4n) is 1.84. The van der Waals surface area contributed by atoms with E-state index in [4.69, 9.17) is 0 Å². The van der Waals surface area contributed by atoms with E-state index in [1.54, 1.807) is 24.3 Å². The van der Waals surface area contributed by atoms with E-state index in [0.717, 1.165) is 11.4 Å². The number of hydrogen-bond acceptors (Lipinski definition) is 3. The number of amides is 1. The first kappa shape index (κ1) is 15.0. The van der Waals surface area contributed by atoms with Crippen LogP contribution in [0.3, 0.4) is 0 Å². The van der Waals surface area contributed by atoms with Crippen LogP contribution in [0.1, 0.15) is 29.8 Å². The van der Waals surface area contributed by atoms with Crippen molar-refractivity contribution >= 4 is 11.7 Å². The van der Waals surface area contributed by atoms with Crippen LogP contribution < -0.4 is 10.6 Å². The van der Waals surface area contributed by atoms with Crippen molar-refractivity contribution in [3.8, 4) is 0 Å². The molecule has 1 amide bonds. The highest BCUT2D eigenvalue weighted by Crippen LogP contribution is 2.07. The van der Waals surface area contributed by atoms with Gasteiger partial charge in [-0.25, -0.2) is 9.37 Å². The minimum absolute atomic E-state index is 0.233. The summed E-state index contributed by atoms with van der Waals surface area (Å²) in [6.45, 7) is 4.31. The number of carbonyl (C=O) groups is 1. The monoisotopic (exact) mass is 287 g/mol. The molecular formula is C16H18FN3O. The second-order valence-corrected chi connectivity index (χ2v) is 5.04. The molecule has 5 heteroatoms. The molecule has 0 fully saturated rings. The number of hydrogen-bond donors (Lipinski definition) is 2. The number of halogens is 1. The smallest absolute Gasteiger partial charge is 0.253 e. The molecule has 0 bridgehead atoms. The van der Waals surface area contributed by atoms with Crippen LogP contribution in [0.25, 0.3) is 0 Å². The Kier molecular flexibility index (Phi) is 4.87. The molecule has 0 aliphatic carbocycles. The summed E-state index contributed by atoms with van der Waals surface area (Å²) in [5.74, 6) is 0.182. The van der Waals surface area contributed by atoms with Crippen molar-refractivity contribution in [3.63, 3.8) is 0 Å². The minimum Gasteiger partial charge on any atom is -0.368 e. The maximum absolute atomic E-state index is 13.0. The van der Waals surface area contributed by atoms with Crippen molar-refractivity contribution in [1.29, 1.82) is 0 Å². The van der Waals surface area contributed by atoms with Crippen molar-refractivity contribution in [1.82, 2.24) is 10.3 Å². The van der Waals surface area contributed by atoms with E-state index >= 15 is 0 Å². The molecule has 0 spiro atoms. The van der Waals surface area contributed by atoms with Gasteiger partial charge in [0.2, 0.25) is 0 Å². The molecule has 2 N–H and O–H groups in total. The van der Waals surface area contributed by atoms with Crippen molar-refractivity contribution in [2.75, 3.05) is 5.32 Å². The second-order valence-electron chi connectivity index (χ2n) is 5.04. The Morgan fingerprint density at radius 2 is 2.10 bits per heavy atom. The zero-order valence-corrected chi connectivity index (χ0v) is 12.1. The lowest BCUT2D eigenvalue weighted by Gasteiger charge is -2.09. The van der Waals surface area contributed by atoms with E-state index in [-0.39, 0.29) is 24.3 Å². The molecule has 21 heavy (non-hydrogen) atoms. The standard InChI is InChI=1S/C16H18FN3O/c1-11(2)20-15-7-6-13(10-18-15)16(21)19-9-12-4-3-5-14(17)8-12/h3-8,10-11H,9H2,1-2H3,(H,18,20)(H,19,21). The molecular weight excluding hydrogens is 269 g/mol. The molecule has 110 valence electrons. The third-order valence-electron chi connectivity index (χ3n) is 2.80. The van der Waals surface area contributed by atoms with E-state index < -0.39 is 0 Å². The summed E-state index contributed by atoms with van der Waals surface area (Å²) in [7, 11) is 0. The predicted octanol–water partition coefficient (Wildman–Crippen LogP) is 2.97. The Hall–Kier alpha value is -2.43. The summed E-state index contributed by atoms with van der Waals surface area (Å²) in [6.07, 6.45) is 1.52. The van der Waals surface area contributed by atoms with Crippen LogP contribution in [0.5, 0.6) is 0 Å². The fourth-order valence-corrected chi connectivity index (χ4v) is 1.84. The molecule has 4 nitrogen and oxygen atoms in total. The Balaban J connectivity index is 1.94. The van der Waals surface area contributed by atoms with Crippen LogP contribution >= 0.6 is 0 Å². The largest absolute Gasteiger partial charge is 0.368 e. The average molecular weight is 287 g/mol. The van der Waals surface area contributed by atoms with Crippen LogP contribution in [-0.4, -0.2) is 16.9 Å². The quantitative estimate of drug-likeness (QED) is 0.889. The summed E-state index contributed by atoms with van der Waals surface area (Å²) < 4.78 is 13.0. The molecule has 1 aromatic carbocycles. The maximum atomic E-state index is 13.0. The summed E-state index contributed by atoms with van der Waals surface area (Å²) in [5, 5.41) is 5.89. The van der Waals surface area contributed by atoms with Gasteiger partial charge in [0.1, 0.15) is 11.6 Å². The van der Waals surface area contributed by atoms with Crippen LogP contribution in [0.4, 0.5) is 10.2 Å². The van der Waals surface area contributed by atoms with Crippen LogP contribution in [-0.2, 0) is 6.54 Å². The summed E-state index contributed by atoms with van der Waals surface area (Å²) in [4.78, 5) is 16.1. The van der Waals surface area contributed by atoms with E-state index in [1.807, 2.05) is 13.8 Å². The number of rotatable bonds is 5.